The average molecular weight is 163 g/mol. The molecule has 4 unspecified atom stereocenters. The first-order valence-corrected chi connectivity index (χ1v) is 5.64. The second-order valence-electron chi connectivity index (χ2n) is 5.58. The monoisotopic (exact) mass is 163 g/mol. The lowest BCUT2D eigenvalue weighted by Crippen LogP contribution is -2.60. The first kappa shape index (κ1) is 6.42. The summed E-state index contributed by atoms with van der Waals surface area (Å²) in [5.74, 6) is 2.21. The quantitative estimate of drug-likeness (QED) is 0.576. The van der Waals surface area contributed by atoms with Crippen molar-refractivity contribution < 1.29 is 0 Å². The summed E-state index contributed by atoms with van der Waals surface area (Å²) >= 11 is 0. The zero-order valence-electron chi connectivity index (χ0n) is 7.60. The molecule has 66 valence electrons. The van der Waals surface area contributed by atoms with Gasteiger partial charge in [-0.1, -0.05) is 0 Å². The molecule has 1 N–H and O–H groups in total. The highest BCUT2D eigenvalue weighted by Crippen LogP contribution is 2.66. The van der Waals surface area contributed by atoms with Crippen molar-refractivity contribution in [2.24, 2.45) is 11.8 Å². The molecule has 0 aromatic carbocycles. The molecule has 4 fully saturated rings. The Hall–Kier alpha value is -0.0400. The first-order valence-electron chi connectivity index (χ1n) is 5.64. The zero-order chi connectivity index (χ0) is 7.81. The van der Waals surface area contributed by atoms with Gasteiger partial charge in [0.2, 0.25) is 0 Å². The van der Waals surface area contributed by atoms with Crippen LogP contribution in [0.25, 0.3) is 0 Å². The van der Waals surface area contributed by atoms with Gasteiger partial charge in [-0.2, -0.15) is 0 Å². The molecule has 0 radical (unpaired) electrons. The molecule has 0 aromatic heterocycles. The summed E-state index contributed by atoms with van der Waals surface area (Å²) in [6, 6.07) is 0. The Labute approximate surface area is 73.9 Å². The molecule has 2 heterocycles. The molecule has 2 aliphatic heterocycles. The maximum Gasteiger partial charge on any atom is 0.0218 e. The van der Waals surface area contributed by atoms with Crippen LogP contribution in [0.5, 0.6) is 0 Å². The number of hydrogen-bond donors (Lipinski definition) is 1. The van der Waals surface area contributed by atoms with Gasteiger partial charge in [0.05, 0.1) is 0 Å². The van der Waals surface area contributed by atoms with E-state index in [9.17, 15) is 0 Å². The second-order valence-corrected chi connectivity index (χ2v) is 5.58. The summed E-state index contributed by atoms with van der Waals surface area (Å²) in [4.78, 5) is 0. The molecule has 12 heavy (non-hydrogen) atoms. The van der Waals surface area contributed by atoms with E-state index in [1.165, 1.54) is 32.1 Å². The Morgan fingerprint density at radius 2 is 1.42 bits per heavy atom. The number of piperidine rings is 1. The van der Waals surface area contributed by atoms with Crippen LogP contribution in [0.1, 0.15) is 44.9 Å². The van der Waals surface area contributed by atoms with Crippen LogP contribution in [0.3, 0.4) is 0 Å². The fourth-order valence-corrected chi connectivity index (χ4v) is 4.76. The van der Waals surface area contributed by atoms with Gasteiger partial charge in [0.1, 0.15) is 0 Å². The van der Waals surface area contributed by atoms with E-state index in [1.807, 2.05) is 0 Å². The van der Waals surface area contributed by atoms with Gasteiger partial charge in [-0.15, -0.1) is 0 Å². The van der Waals surface area contributed by atoms with Crippen molar-refractivity contribution in [3.8, 4) is 0 Å². The smallest absolute Gasteiger partial charge is 0.0218 e. The molecule has 2 bridgehead atoms. The van der Waals surface area contributed by atoms with Gasteiger partial charge in [0.25, 0.3) is 0 Å². The highest BCUT2D eigenvalue weighted by Gasteiger charge is 2.68. The van der Waals surface area contributed by atoms with Gasteiger partial charge in [-0.05, 0) is 56.8 Å². The Morgan fingerprint density at radius 1 is 0.833 bits per heavy atom. The van der Waals surface area contributed by atoms with E-state index in [0.29, 0.717) is 11.1 Å². The van der Waals surface area contributed by atoms with E-state index in [0.717, 1.165) is 11.8 Å². The van der Waals surface area contributed by atoms with E-state index >= 15 is 0 Å². The lowest BCUT2D eigenvalue weighted by atomic mass is 9.58. The highest BCUT2D eigenvalue weighted by atomic mass is 15.2. The normalized spacial score (nSPS) is 66.0. The average Bonchev–Trinajstić information content (AvgIpc) is 2.16. The van der Waals surface area contributed by atoms with Gasteiger partial charge >= 0.3 is 0 Å². The largest absolute Gasteiger partial charge is 0.305 e. The summed E-state index contributed by atoms with van der Waals surface area (Å²) in [6.45, 7) is 0. The third-order valence-corrected chi connectivity index (χ3v) is 5.45. The molecule has 2 aliphatic carbocycles. The van der Waals surface area contributed by atoms with Gasteiger partial charge in [-0.25, -0.2) is 0 Å². The Kier molecular flexibility index (Phi) is 0.863. The van der Waals surface area contributed by atoms with E-state index in [2.05, 4.69) is 5.32 Å². The lowest BCUT2D eigenvalue weighted by molar-refractivity contribution is 0.0906. The topological polar surface area (TPSA) is 12.0 Å². The van der Waals surface area contributed by atoms with Crippen molar-refractivity contribution in [2.45, 2.75) is 56.0 Å². The van der Waals surface area contributed by atoms with Crippen LogP contribution >= 0.6 is 0 Å². The maximum absolute atomic E-state index is 4.02. The van der Waals surface area contributed by atoms with Crippen LogP contribution in [0.15, 0.2) is 0 Å². The molecule has 0 aromatic rings. The standard InChI is InChI=1S/C11H17N/c1-4-10-6-2-8(10)9-3-7-11(9,5-1)12-10/h8-9,12H,1-7H2. The second kappa shape index (κ2) is 1.61. The molecule has 1 heteroatoms. The summed E-state index contributed by atoms with van der Waals surface area (Å²) in [5.41, 5.74) is 1.36. The zero-order valence-corrected chi connectivity index (χ0v) is 7.60. The number of rotatable bonds is 0. The number of nitrogens with one attached hydrogen (secondary N) is 1. The van der Waals surface area contributed by atoms with Crippen molar-refractivity contribution in [3.63, 3.8) is 0 Å². The molecule has 1 nitrogen and oxygen atoms in total. The molecule has 2 saturated heterocycles. The molecule has 4 atom stereocenters. The molecule has 4 rings (SSSR count). The van der Waals surface area contributed by atoms with E-state index < -0.39 is 0 Å². The van der Waals surface area contributed by atoms with Crippen molar-refractivity contribution in [1.29, 1.82) is 0 Å². The van der Waals surface area contributed by atoms with Gasteiger partial charge in [0, 0.05) is 11.1 Å². The number of fused-ring (bicyclic) bond motifs is 1. The van der Waals surface area contributed by atoms with Crippen LogP contribution in [0.4, 0.5) is 0 Å². The fourth-order valence-electron chi connectivity index (χ4n) is 4.76. The van der Waals surface area contributed by atoms with Gasteiger partial charge < -0.3 is 5.32 Å². The Balaban J connectivity index is 1.84. The predicted molar refractivity (Wildman–Crippen MR) is 47.9 cm³/mol. The molecule has 2 saturated carbocycles. The van der Waals surface area contributed by atoms with Gasteiger partial charge in [0.15, 0.2) is 0 Å². The molecule has 0 amide bonds. The van der Waals surface area contributed by atoms with Gasteiger partial charge in [-0.3, -0.25) is 0 Å². The van der Waals surface area contributed by atoms with Crippen LogP contribution in [-0.2, 0) is 0 Å². The van der Waals surface area contributed by atoms with E-state index in [-0.39, 0.29) is 0 Å². The summed E-state index contributed by atoms with van der Waals surface area (Å²) < 4.78 is 0. The van der Waals surface area contributed by atoms with Crippen LogP contribution in [-0.4, -0.2) is 11.1 Å². The predicted octanol–water partition coefficient (Wildman–Crippen LogP) is 2.07. The fraction of sp³-hybridized carbons (Fsp3) is 1.00. The molecular formula is C11H17N. The van der Waals surface area contributed by atoms with Crippen LogP contribution < -0.4 is 5.32 Å². The van der Waals surface area contributed by atoms with Crippen LogP contribution in [0.2, 0.25) is 0 Å². The van der Waals surface area contributed by atoms with E-state index in [4.69, 9.17) is 0 Å². The minimum absolute atomic E-state index is 0.680. The maximum atomic E-state index is 4.02. The number of hydrogen-bond acceptors (Lipinski definition) is 1. The lowest BCUT2D eigenvalue weighted by Gasteiger charge is -2.48. The summed E-state index contributed by atoms with van der Waals surface area (Å²) in [7, 11) is 0. The van der Waals surface area contributed by atoms with Crippen LogP contribution in [0, 0.1) is 11.8 Å². The molecular weight excluding hydrogens is 146 g/mol. The third kappa shape index (κ3) is 0.454. The third-order valence-electron chi connectivity index (χ3n) is 5.45. The minimum Gasteiger partial charge on any atom is -0.305 e. The highest BCUT2D eigenvalue weighted by molar-refractivity contribution is 5.26. The molecule has 4 aliphatic rings. The van der Waals surface area contributed by atoms with E-state index in [1.54, 1.807) is 12.8 Å². The van der Waals surface area contributed by atoms with Crippen molar-refractivity contribution in [2.75, 3.05) is 0 Å². The summed E-state index contributed by atoms with van der Waals surface area (Å²) in [6.07, 6.45) is 10.6. The molecule has 2 spiro atoms. The Morgan fingerprint density at radius 3 is 1.83 bits per heavy atom. The Bertz CT molecular complexity index is 225. The van der Waals surface area contributed by atoms with Crippen molar-refractivity contribution >= 4 is 0 Å². The first-order chi connectivity index (χ1) is 5.85. The summed E-state index contributed by atoms with van der Waals surface area (Å²) in [5, 5.41) is 4.02. The minimum atomic E-state index is 0.680. The van der Waals surface area contributed by atoms with Crippen molar-refractivity contribution in [1.82, 2.24) is 5.32 Å². The SMILES string of the molecule is C1CC23CCC2C2CCC2(C1)N3. The van der Waals surface area contributed by atoms with Crippen molar-refractivity contribution in [3.05, 3.63) is 0 Å².